The molecule has 0 radical (unpaired) electrons. The van der Waals surface area contributed by atoms with Gasteiger partial charge in [-0.15, -0.1) is 0 Å². The van der Waals surface area contributed by atoms with Crippen molar-refractivity contribution in [2.75, 3.05) is 0 Å². The quantitative estimate of drug-likeness (QED) is 0.341. The van der Waals surface area contributed by atoms with Crippen molar-refractivity contribution in [3.63, 3.8) is 0 Å². The summed E-state index contributed by atoms with van der Waals surface area (Å²) >= 11 is 0. The van der Waals surface area contributed by atoms with Gasteiger partial charge in [0.15, 0.2) is 0 Å². The number of rotatable bonds is 10. The average Bonchev–Trinajstić information content (AvgIpc) is 3.45. The first kappa shape index (κ1) is 25.3. The van der Waals surface area contributed by atoms with Crippen LogP contribution in [0.25, 0.3) is 0 Å². The molecule has 0 heterocycles. The highest BCUT2D eigenvalue weighted by molar-refractivity contribution is 5.89. The van der Waals surface area contributed by atoms with E-state index in [0.717, 1.165) is 12.8 Å². The number of carbonyl (C=O) groups excluding carboxylic acids is 3. The van der Waals surface area contributed by atoms with Crippen LogP contribution < -0.4 is 16.8 Å². The molecular weight excluding hydrogens is 402 g/mol. The van der Waals surface area contributed by atoms with E-state index >= 15 is 0 Å². The summed E-state index contributed by atoms with van der Waals surface area (Å²) < 4.78 is 17.1. The Hall–Kier alpha value is -1.97. The molecule has 0 saturated heterocycles. The molecule has 31 heavy (non-hydrogen) atoms. The normalized spacial score (nSPS) is 25.6. The molecule has 1 fully saturated rings. The lowest BCUT2D eigenvalue weighted by Crippen LogP contribution is -2.57. The second-order valence-electron chi connectivity index (χ2n) is 8.82. The third kappa shape index (κ3) is 6.75. The van der Waals surface area contributed by atoms with Crippen LogP contribution in [0, 0.1) is 5.92 Å². The van der Waals surface area contributed by atoms with Crippen LogP contribution in [0.15, 0.2) is 11.6 Å². The van der Waals surface area contributed by atoms with Crippen molar-refractivity contribution in [2.45, 2.75) is 103 Å². The van der Waals surface area contributed by atoms with Crippen LogP contribution in [0.1, 0.15) is 66.7 Å². The molecule has 0 aromatic carbocycles. The average molecular weight is 440 g/mol. The first-order valence-electron chi connectivity index (χ1n) is 11.1. The van der Waals surface area contributed by atoms with Gasteiger partial charge in [-0.1, -0.05) is 27.7 Å². The second-order valence-corrected chi connectivity index (χ2v) is 8.82. The lowest BCUT2D eigenvalue weighted by molar-refractivity contribution is -0.195. The first-order chi connectivity index (χ1) is 14.5. The van der Waals surface area contributed by atoms with E-state index in [9.17, 15) is 14.4 Å². The Morgan fingerprint density at radius 1 is 1.19 bits per heavy atom. The number of amides is 1. The van der Waals surface area contributed by atoms with Crippen molar-refractivity contribution in [1.82, 2.24) is 5.32 Å². The molecule has 0 spiro atoms. The lowest BCUT2D eigenvalue weighted by atomic mass is 9.88. The number of hydrogen-bond donors (Lipinski definition) is 3. The van der Waals surface area contributed by atoms with Gasteiger partial charge in [0.2, 0.25) is 5.91 Å². The fourth-order valence-corrected chi connectivity index (χ4v) is 3.48. The molecule has 2 rings (SSSR count). The highest BCUT2D eigenvalue weighted by Crippen LogP contribution is 2.42. The largest absolute Gasteiger partial charge is 0.421 e. The minimum atomic E-state index is -1.26. The highest BCUT2D eigenvalue weighted by Gasteiger charge is 2.53. The zero-order chi connectivity index (χ0) is 23.3. The highest BCUT2D eigenvalue weighted by atomic mass is 16.7. The number of hydrogen-bond acceptors (Lipinski definition) is 8. The second kappa shape index (κ2) is 10.6. The third-order valence-electron chi connectivity index (χ3n) is 5.74. The summed E-state index contributed by atoms with van der Waals surface area (Å²) in [6.07, 6.45) is 3.72. The smallest absolute Gasteiger partial charge is 0.337 e. The monoisotopic (exact) mass is 439 g/mol. The molecule has 0 aromatic rings. The zero-order valence-corrected chi connectivity index (χ0v) is 19.2. The molecule has 0 bridgehead atoms. The third-order valence-corrected chi connectivity index (χ3v) is 5.74. The van der Waals surface area contributed by atoms with Gasteiger partial charge in [0.25, 0.3) is 5.79 Å². The van der Waals surface area contributed by atoms with Gasteiger partial charge in [0, 0.05) is 31.4 Å². The molecule has 0 aromatic heterocycles. The SMILES string of the molecule is CCC(CC)O[C@@H]1C=C(C(=O)OC2(OC(=O)[C@H](N)C(C)C)CC2)C[C@H](N)[C@H]1NC(C)=O. The van der Waals surface area contributed by atoms with E-state index in [1.807, 2.05) is 27.7 Å². The van der Waals surface area contributed by atoms with Crippen molar-refractivity contribution < 1.29 is 28.6 Å². The van der Waals surface area contributed by atoms with Crippen LogP contribution in [0.5, 0.6) is 0 Å². The van der Waals surface area contributed by atoms with E-state index in [2.05, 4.69) is 5.32 Å². The Bertz CT molecular complexity index is 699. The molecule has 1 saturated carbocycles. The predicted molar refractivity (Wildman–Crippen MR) is 114 cm³/mol. The van der Waals surface area contributed by atoms with Crippen LogP contribution in [0.2, 0.25) is 0 Å². The molecule has 176 valence electrons. The van der Waals surface area contributed by atoms with Crippen LogP contribution in [-0.2, 0) is 28.6 Å². The fraction of sp³-hybridized carbons (Fsp3) is 0.773. The summed E-state index contributed by atoms with van der Waals surface area (Å²) in [5.41, 5.74) is 12.5. The van der Waals surface area contributed by atoms with E-state index in [-0.39, 0.29) is 24.3 Å². The van der Waals surface area contributed by atoms with Crippen LogP contribution in [0.4, 0.5) is 0 Å². The van der Waals surface area contributed by atoms with Gasteiger partial charge >= 0.3 is 11.9 Å². The van der Waals surface area contributed by atoms with Crippen molar-refractivity contribution in [3.05, 3.63) is 11.6 Å². The summed E-state index contributed by atoms with van der Waals surface area (Å²) in [6, 6.07) is -1.76. The summed E-state index contributed by atoms with van der Waals surface area (Å²) in [5.74, 6) is -2.75. The number of nitrogens with two attached hydrogens (primary N) is 2. The van der Waals surface area contributed by atoms with Crippen molar-refractivity contribution >= 4 is 17.8 Å². The summed E-state index contributed by atoms with van der Waals surface area (Å²) in [7, 11) is 0. The van der Waals surface area contributed by atoms with Gasteiger partial charge < -0.3 is 31.0 Å². The molecular formula is C22H37N3O6. The minimum Gasteiger partial charge on any atom is -0.421 e. The standard InChI is InChI=1S/C22H37N3O6/c1-6-15(7-2)29-17-11-14(10-16(23)19(17)25-13(5)26)20(27)30-22(8-9-22)31-21(28)18(24)12(3)4/h11-12,15-19H,6-10,23-24H2,1-5H3,(H,25,26)/t16-,17+,18+,19+/m0/s1. The van der Waals surface area contributed by atoms with Gasteiger partial charge in [-0.3, -0.25) is 9.59 Å². The van der Waals surface area contributed by atoms with Crippen molar-refractivity contribution in [2.24, 2.45) is 17.4 Å². The zero-order valence-electron chi connectivity index (χ0n) is 19.2. The predicted octanol–water partition coefficient (Wildman–Crippen LogP) is 1.28. The Balaban J connectivity index is 2.14. The van der Waals surface area contributed by atoms with E-state index < -0.39 is 42.0 Å². The van der Waals surface area contributed by atoms with Gasteiger partial charge in [0.1, 0.15) is 6.04 Å². The Kier molecular flexibility index (Phi) is 8.62. The molecule has 2 aliphatic rings. The number of esters is 2. The topological polar surface area (TPSA) is 143 Å². The van der Waals surface area contributed by atoms with Crippen molar-refractivity contribution in [3.8, 4) is 0 Å². The molecule has 9 heteroatoms. The Morgan fingerprint density at radius 2 is 1.81 bits per heavy atom. The molecule has 1 amide bonds. The number of nitrogens with one attached hydrogen (secondary N) is 1. The van der Waals surface area contributed by atoms with Gasteiger partial charge in [-0.05, 0) is 31.3 Å². The number of carbonyl (C=O) groups is 3. The molecule has 0 unspecified atom stereocenters. The van der Waals surface area contributed by atoms with Gasteiger partial charge in [-0.2, -0.15) is 0 Å². The van der Waals surface area contributed by atoms with Crippen LogP contribution in [-0.4, -0.2) is 54.0 Å². The van der Waals surface area contributed by atoms with E-state index in [4.69, 9.17) is 25.7 Å². The number of ether oxygens (including phenoxy) is 3. The maximum Gasteiger partial charge on any atom is 0.337 e. The summed E-state index contributed by atoms with van der Waals surface area (Å²) in [6.45, 7) is 9.07. The van der Waals surface area contributed by atoms with E-state index in [1.54, 1.807) is 6.08 Å². The Morgan fingerprint density at radius 3 is 2.29 bits per heavy atom. The summed E-state index contributed by atoms with van der Waals surface area (Å²) in [4.78, 5) is 36.7. The van der Waals surface area contributed by atoms with Crippen LogP contribution in [0.3, 0.4) is 0 Å². The summed E-state index contributed by atoms with van der Waals surface area (Å²) in [5, 5.41) is 2.84. The Labute approximate surface area is 184 Å². The first-order valence-corrected chi connectivity index (χ1v) is 11.1. The van der Waals surface area contributed by atoms with Gasteiger partial charge in [-0.25, -0.2) is 4.79 Å². The van der Waals surface area contributed by atoms with Crippen LogP contribution >= 0.6 is 0 Å². The maximum absolute atomic E-state index is 12.9. The molecule has 5 N–H and O–H groups in total. The molecule has 4 atom stereocenters. The van der Waals surface area contributed by atoms with E-state index in [1.165, 1.54) is 6.92 Å². The maximum atomic E-state index is 12.9. The lowest BCUT2D eigenvalue weighted by Gasteiger charge is -2.36. The molecule has 0 aliphatic heterocycles. The molecule has 2 aliphatic carbocycles. The van der Waals surface area contributed by atoms with Crippen molar-refractivity contribution in [1.29, 1.82) is 0 Å². The fourth-order valence-electron chi connectivity index (χ4n) is 3.48. The minimum absolute atomic E-state index is 0.0340. The van der Waals surface area contributed by atoms with Gasteiger partial charge in [0.05, 0.1) is 18.2 Å². The van der Waals surface area contributed by atoms with E-state index in [0.29, 0.717) is 18.4 Å². The molecule has 9 nitrogen and oxygen atoms in total.